The molecule has 0 aliphatic rings. The van der Waals surface area contributed by atoms with Gasteiger partial charge in [0.2, 0.25) is 0 Å². The number of carbonyl (C=O) groups is 1. The molecule has 0 radical (unpaired) electrons. The molecule has 2 heterocycles. The second-order valence-electron chi connectivity index (χ2n) is 2.11. The first-order chi connectivity index (χ1) is 5.79. The Morgan fingerprint density at radius 2 is 2.42 bits per heavy atom. The minimum atomic E-state index is -0.578. The van der Waals surface area contributed by atoms with Gasteiger partial charge in [0.25, 0.3) is 5.91 Å². The van der Waals surface area contributed by atoms with E-state index in [-0.39, 0.29) is 5.56 Å². The Labute approximate surface area is 66.2 Å². The summed E-state index contributed by atoms with van der Waals surface area (Å²) in [5, 5.41) is 14.2. The van der Waals surface area contributed by atoms with Crippen molar-refractivity contribution in [3.8, 4) is 0 Å². The molecule has 0 bridgehead atoms. The zero-order valence-corrected chi connectivity index (χ0v) is 5.88. The topological polar surface area (TPSA) is 99.1 Å². The van der Waals surface area contributed by atoms with E-state index in [9.17, 15) is 4.79 Å². The fourth-order valence-corrected chi connectivity index (χ4v) is 0.854. The molecule has 2 aromatic rings. The van der Waals surface area contributed by atoms with E-state index in [1.54, 1.807) is 0 Å². The molecule has 2 N–H and O–H groups in total. The maximum Gasteiger partial charge on any atom is 0.254 e. The van der Waals surface area contributed by atoms with Crippen LogP contribution in [0, 0.1) is 0 Å². The lowest BCUT2D eigenvalue weighted by atomic mass is 10.3. The van der Waals surface area contributed by atoms with E-state index in [1.807, 2.05) is 0 Å². The summed E-state index contributed by atoms with van der Waals surface area (Å²) >= 11 is 0. The average Bonchev–Trinajstić information content (AvgIpc) is 2.47. The number of nitrogens with zero attached hydrogens (tertiary/aromatic N) is 5. The van der Waals surface area contributed by atoms with Gasteiger partial charge in [-0.1, -0.05) is 0 Å². The van der Waals surface area contributed by atoms with Crippen molar-refractivity contribution in [3.63, 3.8) is 0 Å². The first-order valence-electron chi connectivity index (χ1n) is 3.10. The Morgan fingerprint density at radius 3 is 3.17 bits per heavy atom. The summed E-state index contributed by atoms with van der Waals surface area (Å²) in [6.07, 6.45) is 2.67. The Kier molecular flexibility index (Phi) is 1.23. The van der Waals surface area contributed by atoms with Crippen LogP contribution in [-0.4, -0.2) is 30.9 Å². The highest BCUT2D eigenvalue weighted by molar-refractivity contribution is 5.98. The highest BCUT2D eigenvalue weighted by Crippen LogP contribution is 2.02. The van der Waals surface area contributed by atoms with Gasteiger partial charge in [-0.3, -0.25) is 4.79 Å². The van der Waals surface area contributed by atoms with E-state index in [0.29, 0.717) is 5.65 Å². The standard InChI is InChI=1S/C5H4N6O/c6-4(12)3-1-8-11-2-7-10-9-5(3)11/h1-2H,(H2,6,12). The van der Waals surface area contributed by atoms with E-state index in [1.165, 1.54) is 17.0 Å². The zero-order valence-electron chi connectivity index (χ0n) is 5.88. The summed E-state index contributed by atoms with van der Waals surface area (Å²) in [5.74, 6) is -0.578. The summed E-state index contributed by atoms with van der Waals surface area (Å²) in [4.78, 5) is 10.8. The van der Waals surface area contributed by atoms with Crippen LogP contribution in [0.3, 0.4) is 0 Å². The number of hydrogen-bond acceptors (Lipinski definition) is 5. The van der Waals surface area contributed by atoms with Crippen LogP contribution in [0.5, 0.6) is 0 Å². The predicted octanol–water partition coefficient (Wildman–Crippen LogP) is -1.38. The Hall–Kier alpha value is -2.05. The van der Waals surface area contributed by atoms with E-state index >= 15 is 0 Å². The molecule has 0 spiro atoms. The van der Waals surface area contributed by atoms with E-state index in [0.717, 1.165) is 0 Å². The van der Waals surface area contributed by atoms with Crippen LogP contribution in [0.15, 0.2) is 12.5 Å². The smallest absolute Gasteiger partial charge is 0.254 e. The highest BCUT2D eigenvalue weighted by Gasteiger charge is 2.09. The van der Waals surface area contributed by atoms with Crippen LogP contribution >= 0.6 is 0 Å². The number of aromatic nitrogens is 5. The van der Waals surface area contributed by atoms with Gasteiger partial charge in [-0.2, -0.15) is 9.61 Å². The molecule has 0 atom stereocenters. The van der Waals surface area contributed by atoms with Crippen LogP contribution in [0.2, 0.25) is 0 Å². The molecule has 12 heavy (non-hydrogen) atoms. The van der Waals surface area contributed by atoms with E-state index in [4.69, 9.17) is 5.73 Å². The average molecular weight is 164 g/mol. The lowest BCUT2D eigenvalue weighted by Crippen LogP contribution is -2.11. The fraction of sp³-hybridized carbons (Fsp3) is 0. The third-order valence-corrected chi connectivity index (χ3v) is 1.39. The molecule has 1 amide bonds. The number of amides is 1. The summed E-state index contributed by atoms with van der Waals surface area (Å²) in [6.45, 7) is 0. The molecule has 0 saturated heterocycles. The van der Waals surface area contributed by atoms with Gasteiger partial charge in [-0.05, 0) is 5.21 Å². The van der Waals surface area contributed by atoms with Crippen molar-refractivity contribution in [2.75, 3.05) is 0 Å². The molecule has 7 heteroatoms. The van der Waals surface area contributed by atoms with Crippen LogP contribution in [0.1, 0.15) is 10.4 Å². The van der Waals surface area contributed by atoms with E-state index < -0.39 is 5.91 Å². The monoisotopic (exact) mass is 164 g/mol. The van der Waals surface area contributed by atoms with Crippen LogP contribution in [0.4, 0.5) is 0 Å². The third-order valence-electron chi connectivity index (χ3n) is 1.39. The zero-order chi connectivity index (χ0) is 8.55. The van der Waals surface area contributed by atoms with Gasteiger partial charge in [0.15, 0.2) is 5.65 Å². The minimum absolute atomic E-state index is 0.241. The fourth-order valence-electron chi connectivity index (χ4n) is 0.854. The summed E-state index contributed by atoms with van der Waals surface area (Å²) in [5.41, 5.74) is 5.60. The molecule has 0 aliphatic heterocycles. The maximum absolute atomic E-state index is 10.8. The van der Waals surface area contributed by atoms with Crippen molar-refractivity contribution in [3.05, 3.63) is 18.1 Å². The summed E-state index contributed by atoms with van der Waals surface area (Å²) in [7, 11) is 0. The number of rotatable bonds is 1. The van der Waals surface area contributed by atoms with E-state index in [2.05, 4.69) is 20.5 Å². The summed E-state index contributed by atoms with van der Waals surface area (Å²) in [6, 6.07) is 0. The van der Waals surface area contributed by atoms with Crippen LogP contribution in [0.25, 0.3) is 5.65 Å². The predicted molar refractivity (Wildman–Crippen MR) is 37.1 cm³/mol. The maximum atomic E-state index is 10.8. The highest BCUT2D eigenvalue weighted by atomic mass is 16.1. The number of fused-ring (bicyclic) bond motifs is 1. The molecular weight excluding hydrogens is 160 g/mol. The lowest BCUT2D eigenvalue weighted by molar-refractivity contribution is 0.100. The number of primary amides is 1. The van der Waals surface area contributed by atoms with Gasteiger partial charge in [0, 0.05) is 0 Å². The van der Waals surface area contributed by atoms with Crippen molar-refractivity contribution in [1.82, 2.24) is 25.0 Å². The molecule has 0 saturated carbocycles. The molecule has 0 fully saturated rings. The Bertz CT molecular complexity index is 434. The van der Waals surface area contributed by atoms with Crippen molar-refractivity contribution < 1.29 is 4.79 Å². The number of hydrogen-bond donors (Lipinski definition) is 1. The molecule has 0 aliphatic carbocycles. The number of nitrogens with two attached hydrogens (primary N) is 1. The summed E-state index contributed by atoms with van der Waals surface area (Å²) < 4.78 is 1.33. The first-order valence-corrected chi connectivity index (χ1v) is 3.10. The van der Waals surface area contributed by atoms with Gasteiger partial charge in [-0.15, -0.1) is 10.2 Å². The largest absolute Gasteiger partial charge is 0.365 e. The molecule has 7 nitrogen and oxygen atoms in total. The van der Waals surface area contributed by atoms with Crippen LogP contribution < -0.4 is 5.73 Å². The van der Waals surface area contributed by atoms with Crippen molar-refractivity contribution in [1.29, 1.82) is 0 Å². The van der Waals surface area contributed by atoms with Gasteiger partial charge in [-0.25, -0.2) is 0 Å². The Morgan fingerprint density at radius 1 is 1.58 bits per heavy atom. The Balaban J connectivity index is 2.79. The minimum Gasteiger partial charge on any atom is -0.365 e. The molecule has 60 valence electrons. The number of carbonyl (C=O) groups excluding carboxylic acids is 1. The molecule has 0 unspecified atom stereocenters. The second-order valence-corrected chi connectivity index (χ2v) is 2.11. The first kappa shape index (κ1) is 6.65. The quantitative estimate of drug-likeness (QED) is 0.559. The van der Waals surface area contributed by atoms with Gasteiger partial charge < -0.3 is 5.73 Å². The van der Waals surface area contributed by atoms with Gasteiger partial charge in [0.05, 0.1) is 6.20 Å². The van der Waals surface area contributed by atoms with Crippen molar-refractivity contribution in [2.45, 2.75) is 0 Å². The van der Waals surface area contributed by atoms with Crippen LogP contribution in [-0.2, 0) is 0 Å². The molecule has 0 aromatic carbocycles. The second kappa shape index (κ2) is 2.22. The molecule has 2 aromatic heterocycles. The van der Waals surface area contributed by atoms with Crippen molar-refractivity contribution in [2.24, 2.45) is 5.73 Å². The SMILES string of the molecule is NC(=O)c1cnn2cnnnc12. The lowest BCUT2D eigenvalue weighted by Gasteiger charge is -1.88. The van der Waals surface area contributed by atoms with Gasteiger partial charge >= 0.3 is 0 Å². The molecule has 2 rings (SSSR count). The molecular formula is C5H4N6O. The van der Waals surface area contributed by atoms with Gasteiger partial charge in [0.1, 0.15) is 11.9 Å². The van der Waals surface area contributed by atoms with Crippen molar-refractivity contribution >= 4 is 11.6 Å². The normalized spacial score (nSPS) is 10.3. The third kappa shape index (κ3) is 0.797.